The monoisotopic (exact) mass is 474 g/mol. The number of hydrogen-bond acceptors (Lipinski definition) is 10. The molecule has 0 saturated carbocycles. The predicted molar refractivity (Wildman–Crippen MR) is 112 cm³/mol. The van der Waals surface area contributed by atoms with Crippen molar-refractivity contribution in [1.29, 1.82) is 0 Å². The van der Waals surface area contributed by atoms with Gasteiger partial charge in [0.25, 0.3) is 0 Å². The first-order chi connectivity index (χ1) is 12.8. The van der Waals surface area contributed by atoms with Gasteiger partial charge in [0.15, 0.2) is 11.3 Å². The first kappa shape index (κ1) is 24.4. The van der Waals surface area contributed by atoms with E-state index in [1.165, 1.54) is 14.2 Å². The Kier molecular flexibility index (Phi) is 7.54. The second-order valence-corrected chi connectivity index (χ2v) is 15.8. The predicted octanol–water partition coefficient (Wildman–Crippen LogP) is 2.83. The Bertz CT molecular complexity index is 635. The Labute approximate surface area is 176 Å². The highest BCUT2D eigenvalue weighted by Gasteiger charge is 2.57. The van der Waals surface area contributed by atoms with Crippen molar-refractivity contribution < 1.29 is 37.2 Å². The molecule has 2 aliphatic heterocycles. The average Bonchev–Trinajstić information content (AvgIpc) is 2.64. The molecule has 0 aliphatic carbocycles. The Morgan fingerprint density at radius 2 is 1.00 bits per heavy atom. The zero-order valence-corrected chi connectivity index (χ0v) is 20.4. The summed E-state index contributed by atoms with van der Waals surface area (Å²) in [7, 11) is 2.42. The third kappa shape index (κ3) is 5.22. The van der Waals surface area contributed by atoms with Crippen molar-refractivity contribution in [3.8, 4) is 0 Å². The van der Waals surface area contributed by atoms with E-state index < -0.39 is 36.2 Å². The molecular weight excluding hydrogens is 446 g/mol. The Morgan fingerprint density at radius 1 is 0.750 bits per heavy atom. The first-order valence-corrected chi connectivity index (χ1v) is 14.1. The molecule has 162 valence electrons. The zero-order valence-electron chi connectivity index (χ0n) is 17.0. The summed E-state index contributed by atoms with van der Waals surface area (Å²) in [5.74, 6) is -1.50. The molecule has 2 fully saturated rings. The van der Waals surface area contributed by atoms with Gasteiger partial charge in [0.2, 0.25) is 13.0 Å². The van der Waals surface area contributed by atoms with Crippen molar-refractivity contribution in [2.45, 2.75) is 39.0 Å². The topological polar surface area (TPSA) is 89.5 Å². The van der Waals surface area contributed by atoms with Crippen molar-refractivity contribution in [3.63, 3.8) is 0 Å². The highest BCUT2D eigenvalue weighted by atomic mass is 32.5. The lowest BCUT2D eigenvalue weighted by molar-refractivity contribution is -0.147. The number of esters is 2. The van der Waals surface area contributed by atoms with Crippen LogP contribution in [0.5, 0.6) is 0 Å². The summed E-state index contributed by atoms with van der Waals surface area (Å²) < 4.78 is 33.4. The molecule has 0 spiro atoms. The third-order valence-corrected chi connectivity index (χ3v) is 11.6. The van der Waals surface area contributed by atoms with Crippen molar-refractivity contribution >= 4 is 48.5 Å². The van der Waals surface area contributed by atoms with E-state index in [1.807, 2.05) is 27.7 Å². The largest absolute Gasteiger partial charge is 0.468 e. The summed E-state index contributed by atoms with van der Waals surface area (Å²) in [4.78, 5) is 25.6. The lowest BCUT2D eigenvalue weighted by Crippen LogP contribution is -2.46. The summed E-state index contributed by atoms with van der Waals surface area (Å²) in [6.45, 7) is 2.37. The van der Waals surface area contributed by atoms with Gasteiger partial charge >= 0.3 is 11.9 Å². The molecule has 0 aromatic rings. The number of hydrogen-bond donors (Lipinski definition) is 0. The smallest absolute Gasteiger partial charge is 0.319 e. The molecule has 2 rings (SSSR count). The fourth-order valence-electron chi connectivity index (χ4n) is 2.64. The second-order valence-electron chi connectivity index (χ2n) is 8.44. The molecule has 2 atom stereocenters. The number of rotatable bonds is 5. The van der Waals surface area contributed by atoms with Gasteiger partial charge in [-0.3, -0.25) is 9.59 Å². The van der Waals surface area contributed by atoms with Crippen LogP contribution in [0.4, 0.5) is 0 Å². The SMILES string of the molecule is COC(=O)C(C(C(=O)OC)P1(=S)OCC(C)(C)CO1)P1(=S)OCC(C)(C)CO1. The number of methoxy groups -OCH3 is 2. The van der Waals surface area contributed by atoms with E-state index in [4.69, 9.17) is 51.2 Å². The Morgan fingerprint density at radius 3 is 1.21 bits per heavy atom. The minimum atomic E-state index is -3.28. The third-order valence-electron chi connectivity index (χ3n) is 4.41. The second kappa shape index (κ2) is 8.67. The minimum absolute atomic E-state index is 0.271. The van der Waals surface area contributed by atoms with Gasteiger partial charge in [-0.2, -0.15) is 0 Å². The molecule has 2 heterocycles. The van der Waals surface area contributed by atoms with Gasteiger partial charge in [0, 0.05) is 10.8 Å². The van der Waals surface area contributed by atoms with E-state index in [0.717, 1.165) is 0 Å². The quantitative estimate of drug-likeness (QED) is 0.438. The van der Waals surface area contributed by atoms with Crippen molar-refractivity contribution in [2.24, 2.45) is 10.8 Å². The number of ether oxygens (including phenoxy) is 2. The maximum absolute atomic E-state index is 12.8. The summed E-state index contributed by atoms with van der Waals surface area (Å²) in [6.07, 6.45) is 0. The highest BCUT2D eigenvalue weighted by Crippen LogP contribution is 2.68. The van der Waals surface area contributed by atoms with Crippen LogP contribution >= 0.6 is 13.0 Å². The molecule has 12 heteroatoms. The van der Waals surface area contributed by atoms with E-state index in [-0.39, 0.29) is 37.3 Å². The maximum atomic E-state index is 12.8. The molecule has 0 aromatic carbocycles. The molecule has 0 radical (unpaired) electrons. The van der Waals surface area contributed by atoms with Crippen molar-refractivity contribution in [1.82, 2.24) is 0 Å². The zero-order chi connectivity index (χ0) is 21.4. The van der Waals surface area contributed by atoms with Gasteiger partial charge in [0.1, 0.15) is 0 Å². The fourth-order valence-corrected chi connectivity index (χ4v) is 10.7. The lowest BCUT2D eigenvalue weighted by Gasteiger charge is -2.44. The van der Waals surface area contributed by atoms with Gasteiger partial charge in [-0.1, -0.05) is 27.7 Å². The highest BCUT2D eigenvalue weighted by molar-refractivity contribution is 8.13. The van der Waals surface area contributed by atoms with Crippen LogP contribution in [-0.2, 0) is 60.8 Å². The van der Waals surface area contributed by atoms with E-state index in [0.29, 0.717) is 0 Å². The van der Waals surface area contributed by atoms with E-state index in [9.17, 15) is 9.59 Å². The maximum Gasteiger partial charge on any atom is 0.319 e. The van der Waals surface area contributed by atoms with Crippen LogP contribution in [0.15, 0.2) is 0 Å². The molecule has 0 aromatic heterocycles. The van der Waals surface area contributed by atoms with Crippen LogP contribution in [0.3, 0.4) is 0 Å². The summed E-state index contributed by atoms with van der Waals surface area (Å²) >= 11 is 11.3. The van der Waals surface area contributed by atoms with Gasteiger partial charge < -0.3 is 27.6 Å². The molecule has 2 aliphatic rings. The molecular formula is C16H28O8P2S2. The van der Waals surface area contributed by atoms with Crippen LogP contribution in [-0.4, -0.2) is 63.9 Å². The van der Waals surface area contributed by atoms with Gasteiger partial charge in [-0.05, 0) is 23.6 Å². The van der Waals surface area contributed by atoms with Gasteiger partial charge in [-0.25, -0.2) is 0 Å². The summed E-state index contributed by atoms with van der Waals surface area (Å²) in [5.41, 5.74) is -3.09. The standard InChI is InChI=1S/C16H28O8P2S2/c1-15(2)7-21-25(27,22-8-15)11(13(17)19-5)12(14(18)20-6)26(28)23-9-16(3,4)10-24-26/h11-12H,7-10H2,1-6H3. The average molecular weight is 474 g/mol. The fraction of sp³-hybridized carbons (Fsp3) is 0.875. The first-order valence-electron chi connectivity index (χ1n) is 8.72. The van der Waals surface area contributed by atoms with Crippen LogP contribution in [0.2, 0.25) is 0 Å². The lowest BCUT2D eigenvalue weighted by atomic mass is 9.97. The molecule has 0 amide bonds. The van der Waals surface area contributed by atoms with Crippen LogP contribution in [0.25, 0.3) is 0 Å². The van der Waals surface area contributed by atoms with Gasteiger partial charge in [-0.15, -0.1) is 0 Å². The summed E-state index contributed by atoms with van der Waals surface area (Å²) in [5, 5.41) is 0. The van der Waals surface area contributed by atoms with Gasteiger partial charge in [0.05, 0.1) is 40.6 Å². The van der Waals surface area contributed by atoms with E-state index >= 15 is 0 Å². The van der Waals surface area contributed by atoms with Crippen LogP contribution in [0.1, 0.15) is 27.7 Å². The molecule has 8 nitrogen and oxygen atoms in total. The summed E-state index contributed by atoms with van der Waals surface area (Å²) in [6, 6.07) is 0. The Hall–Kier alpha value is 0.0800. The van der Waals surface area contributed by atoms with Crippen LogP contribution in [0, 0.1) is 10.8 Å². The normalized spacial score (nSPS) is 27.2. The number of carbonyl (C=O) groups excluding carboxylic acids is 2. The minimum Gasteiger partial charge on any atom is -0.468 e. The van der Waals surface area contributed by atoms with Crippen LogP contribution < -0.4 is 0 Å². The molecule has 0 N–H and O–H groups in total. The van der Waals surface area contributed by atoms with E-state index in [2.05, 4.69) is 0 Å². The molecule has 28 heavy (non-hydrogen) atoms. The molecule has 2 unspecified atom stereocenters. The Balaban J connectivity index is 2.47. The van der Waals surface area contributed by atoms with E-state index in [1.54, 1.807) is 0 Å². The number of carbonyl (C=O) groups is 2. The van der Waals surface area contributed by atoms with Crippen molar-refractivity contribution in [3.05, 3.63) is 0 Å². The van der Waals surface area contributed by atoms with Crippen molar-refractivity contribution in [2.75, 3.05) is 40.6 Å². The molecule has 0 bridgehead atoms. The molecule has 2 saturated heterocycles.